The zero-order valence-corrected chi connectivity index (χ0v) is 12.7. The molecule has 20 heavy (non-hydrogen) atoms. The Hall–Kier alpha value is -1.51. The summed E-state index contributed by atoms with van der Waals surface area (Å²) in [6.07, 6.45) is 4.94. The van der Waals surface area contributed by atoms with Crippen molar-refractivity contribution in [3.63, 3.8) is 0 Å². The van der Waals surface area contributed by atoms with Crippen LogP contribution in [0.15, 0.2) is 18.2 Å². The molecule has 0 heterocycles. The maximum absolute atomic E-state index is 12.3. The summed E-state index contributed by atoms with van der Waals surface area (Å²) >= 11 is 0. The molecule has 0 saturated heterocycles. The Balaban J connectivity index is 1.96. The van der Waals surface area contributed by atoms with Crippen LogP contribution in [0.3, 0.4) is 0 Å². The second kappa shape index (κ2) is 6.78. The third-order valence-electron chi connectivity index (χ3n) is 4.12. The van der Waals surface area contributed by atoms with E-state index in [9.17, 15) is 4.79 Å². The van der Waals surface area contributed by atoms with Crippen molar-refractivity contribution in [1.29, 1.82) is 0 Å². The van der Waals surface area contributed by atoms with Crippen molar-refractivity contribution in [3.05, 3.63) is 29.3 Å². The zero-order chi connectivity index (χ0) is 14.5. The lowest BCUT2D eigenvalue weighted by Gasteiger charge is -2.20. The first kappa shape index (κ1) is 14.9. The minimum Gasteiger partial charge on any atom is -0.481 e. The normalized spacial score (nSPS) is 16.9. The number of nitrogens with one attached hydrogen (secondary N) is 1. The fourth-order valence-corrected chi connectivity index (χ4v) is 2.64. The molecular weight excluding hydrogens is 250 g/mol. The average Bonchev–Trinajstić information content (AvgIpc) is 2.92. The van der Waals surface area contributed by atoms with Crippen LogP contribution in [0, 0.1) is 13.8 Å². The number of aryl methyl sites for hydroxylation is 2. The summed E-state index contributed by atoms with van der Waals surface area (Å²) in [7, 11) is 0. The van der Waals surface area contributed by atoms with Gasteiger partial charge >= 0.3 is 0 Å². The van der Waals surface area contributed by atoms with Gasteiger partial charge in [0.2, 0.25) is 0 Å². The van der Waals surface area contributed by atoms with Gasteiger partial charge in [0.1, 0.15) is 5.75 Å². The number of hydrogen-bond donors (Lipinski definition) is 1. The van der Waals surface area contributed by atoms with Crippen molar-refractivity contribution >= 4 is 5.91 Å². The lowest BCUT2D eigenvalue weighted by molar-refractivity contribution is -0.128. The first-order valence-corrected chi connectivity index (χ1v) is 7.64. The van der Waals surface area contributed by atoms with E-state index in [-0.39, 0.29) is 5.91 Å². The summed E-state index contributed by atoms with van der Waals surface area (Å²) in [6, 6.07) is 6.32. The first-order chi connectivity index (χ1) is 9.60. The molecule has 3 nitrogen and oxygen atoms in total. The molecular formula is C17H25NO2. The summed E-state index contributed by atoms with van der Waals surface area (Å²) in [5.41, 5.74) is 2.43. The molecule has 110 valence electrons. The van der Waals surface area contributed by atoms with Crippen LogP contribution in [-0.4, -0.2) is 18.1 Å². The molecule has 1 aliphatic carbocycles. The molecule has 2 rings (SSSR count). The summed E-state index contributed by atoms with van der Waals surface area (Å²) in [5.74, 6) is 0.805. The fraction of sp³-hybridized carbons (Fsp3) is 0.588. The van der Waals surface area contributed by atoms with Crippen LogP contribution in [-0.2, 0) is 4.79 Å². The fourth-order valence-electron chi connectivity index (χ4n) is 2.64. The number of amides is 1. The van der Waals surface area contributed by atoms with Crippen LogP contribution in [0.1, 0.15) is 50.2 Å². The van der Waals surface area contributed by atoms with Gasteiger partial charge in [0.15, 0.2) is 6.10 Å². The van der Waals surface area contributed by atoms with Crippen molar-refractivity contribution < 1.29 is 9.53 Å². The summed E-state index contributed by atoms with van der Waals surface area (Å²) < 4.78 is 5.86. The van der Waals surface area contributed by atoms with Gasteiger partial charge in [-0.15, -0.1) is 0 Å². The molecule has 0 aromatic heterocycles. The monoisotopic (exact) mass is 275 g/mol. The molecule has 3 heteroatoms. The topological polar surface area (TPSA) is 38.3 Å². The highest BCUT2D eigenvalue weighted by molar-refractivity contribution is 5.81. The minimum absolute atomic E-state index is 0.0256. The Morgan fingerprint density at radius 3 is 2.60 bits per heavy atom. The maximum atomic E-state index is 12.3. The van der Waals surface area contributed by atoms with E-state index in [4.69, 9.17) is 4.74 Å². The number of benzene rings is 1. The molecule has 1 saturated carbocycles. The van der Waals surface area contributed by atoms with Gasteiger partial charge in [-0.3, -0.25) is 4.79 Å². The molecule has 0 spiro atoms. The Morgan fingerprint density at radius 2 is 2.00 bits per heavy atom. The molecule has 1 aliphatic rings. The van der Waals surface area contributed by atoms with E-state index in [2.05, 4.69) is 19.2 Å². The van der Waals surface area contributed by atoms with Gasteiger partial charge in [-0.1, -0.05) is 25.8 Å². The second-order valence-corrected chi connectivity index (χ2v) is 5.75. The van der Waals surface area contributed by atoms with Crippen LogP contribution < -0.4 is 10.1 Å². The van der Waals surface area contributed by atoms with Crippen molar-refractivity contribution in [2.24, 2.45) is 0 Å². The number of carbonyl (C=O) groups is 1. The predicted octanol–water partition coefficient (Wildman–Crippen LogP) is 3.52. The average molecular weight is 275 g/mol. The molecule has 1 N–H and O–H groups in total. The highest BCUT2D eigenvalue weighted by Gasteiger charge is 2.23. The van der Waals surface area contributed by atoms with Crippen molar-refractivity contribution in [2.45, 2.75) is 65.0 Å². The molecule has 1 aromatic rings. The number of rotatable bonds is 5. The van der Waals surface area contributed by atoms with E-state index in [1.165, 1.54) is 24.0 Å². The van der Waals surface area contributed by atoms with Gasteiger partial charge in [0.25, 0.3) is 5.91 Å². The second-order valence-electron chi connectivity index (χ2n) is 5.75. The maximum Gasteiger partial charge on any atom is 0.261 e. The SMILES string of the molecule is CC[C@H](Oc1ccc(C)c(C)c1)C(=O)NC1CCCC1. The van der Waals surface area contributed by atoms with Crippen molar-refractivity contribution in [2.75, 3.05) is 0 Å². The minimum atomic E-state index is -0.391. The lowest BCUT2D eigenvalue weighted by Crippen LogP contribution is -2.42. The smallest absolute Gasteiger partial charge is 0.261 e. The number of carbonyl (C=O) groups excluding carboxylic acids is 1. The third-order valence-corrected chi connectivity index (χ3v) is 4.12. The molecule has 0 radical (unpaired) electrons. The molecule has 0 unspecified atom stereocenters. The quantitative estimate of drug-likeness (QED) is 0.893. The Labute approximate surface area is 121 Å². The largest absolute Gasteiger partial charge is 0.481 e. The van der Waals surface area contributed by atoms with E-state index in [1.807, 2.05) is 25.1 Å². The van der Waals surface area contributed by atoms with E-state index in [0.717, 1.165) is 18.6 Å². The molecule has 0 aliphatic heterocycles. The van der Waals surface area contributed by atoms with Gasteiger partial charge in [-0.25, -0.2) is 0 Å². The Morgan fingerprint density at radius 1 is 1.30 bits per heavy atom. The van der Waals surface area contributed by atoms with Gasteiger partial charge in [-0.05, 0) is 56.4 Å². The van der Waals surface area contributed by atoms with E-state index in [1.54, 1.807) is 0 Å². The first-order valence-electron chi connectivity index (χ1n) is 7.64. The van der Waals surface area contributed by atoms with Crippen LogP contribution in [0.5, 0.6) is 5.75 Å². The Kier molecular flexibility index (Phi) is 5.05. The molecule has 1 fully saturated rings. The van der Waals surface area contributed by atoms with E-state index >= 15 is 0 Å². The molecule has 1 atom stereocenters. The lowest BCUT2D eigenvalue weighted by atomic mass is 10.1. The predicted molar refractivity (Wildman–Crippen MR) is 81.0 cm³/mol. The van der Waals surface area contributed by atoms with E-state index in [0.29, 0.717) is 12.5 Å². The summed E-state index contributed by atoms with van der Waals surface area (Å²) in [5, 5.41) is 3.11. The van der Waals surface area contributed by atoms with Crippen molar-refractivity contribution in [1.82, 2.24) is 5.32 Å². The summed E-state index contributed by atoms with van der Waals surface area (Å²) in [4.78, 5) is 12.3. The van der Waals surface area contributed by atoms with Gasteiger partial charge in [0, 0.05) is 6.04 Å². The van der Waals surface area contributed by atoms with Gasteiger partial charge in [0.05, 0.1) is 0 Å². The number of ether oxygens (including phenoxy) is 1. The van der Waals surface area contributed by atoms with Gasteiger partial charge < -0.3 is 10.1 Å². The highest BCUT2D eigenvalue weighted by atomic mass is 16.5. The molecule has 1 amide bonds. The third kappa shape index (κ3) is 3.75. The van der Waals surface area contributed by atoms with Crippen LogP contribution in [0.2, 0.25) is 0 Å². The van der Waals surface area contributed by atoms with Crippen LogP contribution >= 0.6 is 0 Å². The van der Waals surface area contributed by atoms with Crippen LogP contribution in [0.25, 0.3) is 0 Å². The molecule has 1 aromatic carbocycles. The molecule has 0 bridgehead atoms. The van der Waals surface area contributed by atoms with E-state index < -0.39 is 6.10 Å². The highest BCUT2D eigenvalue weighted by Crippen LogP contribution is 2.20. The summed E-state index contributed by atoms with van der Waals surface area (Å²) in [6.45, 7) is 6.12. The zero-order valence-electron chi connectivity index (χ0n) is 12.7. The number of hydrogen-bond acceptors (Lipinski definition) is 2. The standard InChI is InChI=1S/C17H25NO2/c1-4-16(17(19)18-14-7-5-6-8-14)20-15-10-9-12(2)13(3)11-15/h9-11,14,16H,4-8H2,1-3H3,(H,18,19)/t16-/m0/s1. The van der Waals surface area contributed by atoms with Gasteiger partial charge in [-0.2, -0.15) is 0 Å². The Bertz CT molecular complexity index is 464. The van der Waals surface area contributed by atoms with Crippen LogP contribution in [0.4, 0.5) is 0 Å². The van der Waals surface area contributed by atoms with Crippen molar-refractivity contribution in [3.8, 4) is 5.75 Å².